The summed E-state index contributed by atoms with van der Waals surface area (Å²) in [4.78, 5) is 11.7. The fraction of sp³-hybridized carbons (Fsp3) is 0.426. The smallest absolute Gasteiger partial charge is 0.337 e. The maximum absolute atomic E-state index is 11.7. The third kappa shape index (κ3) is 12.8. The molecule has 0 unspecified atom stereocenters. The van der Waals surface area contributed by atoms with Crippen molar-refractivity contribution in [3.63, 3.8) is 0 Å². The van der Waals surface area contributed by atoms with Gasteiger partial charge in [0.15, 0.2) is 0 Å². The predicted octanol–water partition coefficient (Wildman–Crippen LogP) is 15.0. The number of phenols is 1. The van der Waals surface area contributed by atoms with E-state index in [9.17, 15) is 20.1 Å². The van der Waals surface area contributed by atoms with E-state index in [1.54, 1.807) is 12.1 Å². The number of aromatic hydroxyl groups is 1. The van der Waals surface area contributed by atoms with E-state index in [1.807, 2.05) is 65.0 Å². The van der Waals surface area contributed by atoms with Crippen LogP contribution in [0.5, 0.6) is 11.5 Å². The van der Waals surface area contributed by atoms with Crippen LogP contribution in [0.25, 0.3) is 12.2 Å². The topological polar surface area (TPSA) is 96.2 Å². The minimum Gasteiger partial charge on any atom is -0.508 e. The molecule has 0 heterocycles. The summed E-state index contributed by atoms with van der Waals surface area (Å²) in [5.41, 5.74) is 11.7. The van der Waals surface area contributed by atoms with Gasteiger partial charge in [-0.1, -0.05) is 152 Å². The highest BCUT2D eigenvalue weighted by Crippen LogP contribution is 2.43. The van der Waals surface area contributed by atoms with Crippen LogP contribution < -0.4 is 4.74 Å². The standard InChI is InChI=1S/C35H44O4.C26H36O2/c1-8-34(37,9-2)21-20-28-16-17-30(22-25(28)5)35(10-3,11-4)31-18-19-32(26(6)23-31)39-24-27-12-14-29(15-13-27)33(36)38-7;1-7-25(28,8-2)16-15-21-11-12-22(17-19(21)5)26(9-3,10-4)23-13-14-24(27)20(6)18-23/h12-23,37H,8-11,24H2,1-7H3;11-18,27-28H,7-10H2,1-6H3/b21-20+;16-15+. The van der Waals surface area contributed by atoms with Crippen LogP contribution in [0.3, 0.4) is 0 Å². The van der Waals surface area contributed by atoms with Crippen molar-refractivity contribution in [2.45, 2.75) is 163 Å². The molecule has 0 saturated carbocycles. The molecule has 5 aromatic carbocycles. The van der Waals surface area contributed by atoms with Crippen molar-refractivity contribution >= 4 is 18.1 Å². The van der Waals surface area contributed by atoms with E-state index >= 15 is 0 Å². The second-order valence-corrected chi connectivity index (χ2v) is 18.5. The Bertz CT molecular complexity index is 2440. The second-order valence-electron chi connectivity index (χ2n) is 18.5. The van der Waals surface area contributed by atoms with Gasteiger partial charge in [0.25, 0.3) is 0 Å². The molecule has 0 aliphatic rings. The van der Waals surface area contributed by atoms with Crippen LogP contribution in [0.2, 0.25) is 0 Å². The van der Waals surface area contributed by atoms with Crippen LogP contribution in [-0.2, 0) is 22.2 Å². The maximum atomic E-state index is 11.7. The quantitative estimate of drug-likeness (QED) is 0.0673. The Morgan fingerprint density at radius 1 is 0.507 bits per heavy atom. The van der Waals surface area contributed by atoms with Crippen molar-refractivity contribution in [3.05, 3.63) is 176 Å². The number of aliphatic hydroxyl groups is 2. The van der Waals surface area contributed by atoms with Crippen LogP contribution in [0.15, 0.2) is 109 Å². The van der Waals surface area contributed by atoms with Crippen LogP contribution in [0, 0.1) is 27.7 Å². The molecule has 67 heavy (non-hydrogen) atoms. The lowest BCUT2D eigenvalue weighted by molar-refractivity contribution is 0.0600. The second kappa shape index (κ2) is 24.0. The summed E-state index contributed by atoms with van der Waals surface area (Å²) in [7, 11) is 1.38. The van der Waals surface area contributed by atoms with E-state index in [0.29, 0.717) is 43.6 Å². The van der Waals surface area contributed by atoms with Gasteiger partial charge >= 0.3 is 5.97 Å². The molecule has 0 aromatic heterocycles. The van der Waals surface area contributed by atoms with Crippen molar-refractivity contribution in [1.82, 2.24) is 0 Å². The van der Waals surface area contributed by atoms with Crippen molar-refractivity contribution in [1.29, 1.82) is 0 Å². The van der Waals surface area contributed by atoms with Gasteiger partial charge in [-0.2, -0.15) is 0 Å². The van der Waals surface area contributed by atoms with Gasteiger partial charge in [-0.25, -0.2) is 4.79 Å². The molecule has 360 valence electrons. The number of esters is 1. The van der Waals surface area contributed by atoms with Gasteiger partial charge in [0, 0.05) is 10.8 Å². The van der Waals surface area contributed by atoms with E-state index in [1.165, 1.54) is 40.5 Å². The number of hydrogen-bond donors (Lipinski definition) is 3. The number of phenolic OH excluding ortho intramolecular Hbond substituents is 1. The first-order chi connectivity index (χ1) is 31.9. The van der Waals surface area contributed by atoms with Crippen molar-refractivity contribution in [2.75, 3.05) is 7.11 Å². The number of methoxy groups -OCH3 is 1. The molecule has 0 spiro atoms. The minimum absolute atomic E-state index is 0.0704. The van der Waals surface area contributed by atoms with Crippen LogP contribution in [0.4, 0.5) is 0 Å². The first-order valence-corrected chi connectivity index (χ1v) is 24.7. The van der Waals surface area contributed by atoms with E-state index in [0.717, 1.165) is 59.3 Å². The zero-order valence-corrected chi connectivity index (χ0v) is 43.0. The fourth-order valence-corrected chi connectivity index (χ4v) is 9.33. The zero-order chi connectivity index (χ0) is 49.6. The summed E-state index contributed by atoms with van der Waals surface area (Å²) in [6.07, 6.45) is 14.8. The number of aryl methyl sites for hydroxylation is 4. The third-order valence-corrected chi connectivity index (χ3v) is 14.9. The molecule has 6 heteroatoms. The molecule has 0 aliphatic carbocycles. The highest BCUT2D eigenvalue weighted by atomic mass is 16.5. The molecule has 6 nitrogen and oxygen atoms in total. The molecule has 0 radical (unpaired) electrons. The molecule has 0 fully saturated rings. The molecular formula is C61H80O6. The lowest BCUT2D eigenvalue weighted by atomic mass is 9.70. The molecule has 5 rings (SSSR count). The molecule has 0 aliphatic heterocycles. The van der Waals surface area contributed by atoms with E-state index < -0.39 is 11.2 Å². The van der Waals surface area contributed by atoms with E-state index in [-0.39, 0.29) is 16.8 Å². The largest absolute Gasteiger partial charge is 0.508 e. The highest BCUT2D eigenvalue weighted by Gasteiger charge is 2.33. The third-order valence-electron chi connectivity index (χ3n) is 14.9. The molecule has 0 saturated heterocycles. The average molecular weight is 909 g/mol. The lowest BCUT2D eigenvalue weighted by Gasteiger charge is -2.34. The molecule has 0 bridgehead atoms. The van der Waals surface area contributed by atoms with Crippen LogP contribution >= 0.6 is 0 Å². The van der Waals surface area contributed by atoms with Gasteiger partial charge in [0.1, 0.15) is 18.1 Å². The maximum Gasteiger partial charge on any atom is 0.337 e. The number of rotatable bonds is 20. The van der Waals surface area contributed by atoms with Gasteiger partial charge in [-0.15, -0.1) is 0 Å². The minimum atomic E-state index is -0.754. The van der Waals surface area contributed by atoms with Crippen LogP contribution in [-0.4, -0.2) is 39.6 Å². The van der Waals surface area contributed by atoms with Gasteiger partial charge in [-0.3, -0.25) is 0 Å². The summed E-state index contributed by atoms with van der Waals surface area (Å²) in [5.74, 6) is 0.861. The predicted molar refractivity (Wildman–Crippen MR) is 280 cm³/mol. The normalized spacial score (nSPS) is 12.3. The van der Waals surface area contributed by atoms with E-state index in [2.05, 4.69) is 127 Å². The number of hydrogen-bond acceptors (Lipinski definition) is 6. The first kappa shape index (κ1) is 54.2. The molecule has 0 amide bonds. The summed E-state index contributed by atoms with van der Waals surface area (Å²) >= 11 is 0. The number of benzene rings is 5. The average Bonchev–Trinajstić information content (AvgIpc) is 3.35. The lowest BCUT2D eigenvalue weighted by Crippen LogP contribution is -2.26. The van der Waals surface area contributed by atoms with Gasteiger partial charge < -0.3 is 24.8 Å². The van der Waals surface area contributed by atoms with Gasteiger partial charge in [0.2, 0.25) is 0 Å². The fourth-order valence-electron chi connectivity index (χ4n) is 9.33. The zero-order valence-electron chi connectivity index (χ0n) is 43.0. The van der Waals surface area contributed by atoms with Crippen molar-refractivity contribution in [3.8, 4) is 11.5 Å². The Hall–Kier alpha value is -5.43. The van der Waals surface area contributed by atoms with Gasteiger partial charge in [0.05, 0.1) is 23.9 Å². The Balaban J connectivity index is 0.000000309. The van der Waals surface area contributed by atoms with E-state index in [4.69, 9.17) is 9.47 Å². The van der Waals surface area contributed by atoms with Gasteiger partial charge in [-0.05, 0) is 165 Å². The number of carbonyl (C=O) groups excluding carboxylic acids is 1. The number of ether oxygens (including phenoxy) is 2. The Labute approximate surface area is 403 Å². The van der Waals surface area contributed by atoms with Crippen molar-refractivity contribution < 1.29 is 29.6 Å². The Morgan fingerprint density at radius 3 is 1.25 bits per heavy atom. The Kier molecular flexibility index (Phi) is 19.4. The molecule has 0 atom stereocenters. The summed E-state index contributed by atoms with van der Waals surface area (Å²) in [6, 6.07) is 33.2. The highest BCUT2D eigenvalue weighted by molar-refractivity contribution is 5.89. The monoisotopic (exact) mass is 909 g/mol. The summed E-state index contributed by atoms with van der Waals surface area (Å²) in [5, 5.41) is 31.1. The van der Waals surface area contributed by atoms with Crippen LogP contribution in [0.1, 0.15) is 178 Å². The summed E-state index contributed by atoms with van der Waals surface area (Å²) in [6.45, 7) is 25.8. The van der Waals surface area contributed by atoms with Crippen molar-refractivity contribution in [2.24, 2.45) is 0 Å². The Morgan fingerprint density at radius 2 is 0.896 bits per heavy atom. The molecule has 5 aromatic rings. The first-order valence-electron chi connectivity index (χ1n) is 24.7. The summed E-state index contributed by atoms with van der Waals surface area (Å²) < 4.78 is 10.9. The molecule has 3 N–H and O–H groups in total. The SMILES string of the molecule is CCC(O)(/C=C/c1ccc(C(CC)(CC)c2ccc(O)c(C)c2)cc1C)CC.CCC(O)(/C=C/c1ccc(C(CC)(CC)c2ccc(OCc3ccc(C(=O)OC)cc3)c(C)c2)cc1C)CC. The molecular weight excluding hydrogens is 829 g/mol. The number of carbonyl (C=O) groups is 1.